The molecule has 0 aliphatic carbocycles. The lowest BCUT2D eigenvalue weighted by Crippen LogP contribution is -2.40. The summed E-state index contributed by atoms with van der Waals surface area (Å²) in [4.78, 5) is 0. The van der Waals surface area contributed by atoms with Gasteiger partial charge in [-0.2, -0.15) is 0 Å². The summed E-state index contributed by atoms with van der Waals surface area (Å²) in [6.07, 6.45) is 3.31. The molecule has 0 aliphatic heterocycles. The minimum atomic E-state index is -0.638. The first-order valence-corrected chi connectivity index (χ1v) is 5.63. The number of aliphatic hydroxyl groups is 2. The molecule has 0 spiro atoms. The van der Waals surface area contributed by atoms with Crippen LogP contribution in [0.5, 0.6) is 0 Å². The topological polar surface area (TPSA) is 52.5 Å². The van der Waals surface area contributed by atoms with Gasteiger partial charge in [-0.15, -0.1) is 0 Å². The van der Waals surface area contributed by atoms with Crippen LogP contribution in [0.15, 0.2) is 0 Å². The number of nitrogens with one attached hydrogen (secondary N) is 1. The highest BCUT2D eigenvalue weighted by Crippen LogP contribution is 2.09. The number of rotatable bonds is 8. The van der Waals surface area contributed by atoms with Gasteiger partial charge in [0.25, 0.3) is 0 Å². The summed E-state index contributed by atoms with van der Waals surface area (Å²) in [7, 11) is 0. The average molecular weight is 203 g/mol. The van der Waals surface area contributed by atoms with Crippen molar-refractivity contribution in [3.8, 4) is 0 Å². The standard InChI is InChI=1S/C11H25NO2/c1-4-6-10(13)8-12-9-11(3,14)7-5-2/h10,12-14H,4-9H2,1-3H3. The fourth-order valence-corrected chi connectivity index (χ4v) is 1.57. The maximum absolute atomic E-state index is 9.81. The molecule has 3 heteroatoms. The van der Waals surface area contributed by atoms with Gasteiger partial charge >= 0.3 is 0 Å². The van der Waals surface area contributed by atoms with Gasteiger partial charge < -0.3 is 15.5 Å². The van der Waals surface area contributed by atoms with Crippen LogP contribution in [0, 0.1) is 0 Å². The average Bonchev–Trinajstić information content (AvgIpc) is 2.03. The minimum Gasteiger partial charge on any atom is -0.392 e. The lowest BCUT2D eigenvalue weighted by Gasteiger charge is -2.23. The predicted molar refractivity (Wildman–Crippen MR) is 59.3 cm³/mol. The molecule has 0 aromatic carbocycles. The minimum absolute atomic E-state index is 0.280. The third kappa shape index (κ3) is 7.30. The van der Waals surface area contributed by atoms with E-state index < -0.39 is 5.60 Å². The largest absolute Gasteiger partial charge is 0.392 e. The number of aliphatic hydroxyl groups excluding tert-OH is 1. The Labute approximate surface area is 87.5 Å². The van der Waals surface area contributed by atoms with Crippen LogP contribution >= 0.6 is 0 Å². The van der Waals surface area contributed by atoms with Gasteiger partial charge in [-0.3, -0.25) is 0 Å². The first-order chi connectivity index (χ1) is 6.52. The van der Waals surface area contributed by atoms with Crippen LogP contribution in [0.2, 0.25) is 0 Å². The third-order valence-corrected chi connectivity index (χ3v) is 2.30. The lowest BCUT2D eigenvalue weighted by atomic mass is 10.0. The van der Waals surface area contributed by atoms with Crippen molar-refractivity contribution in [3.63, 3.8) is 0 Å². The van der Waals surface area contributed by atoms with E-state index in [0.717, 1.165) is 25.7 Å². The van der Waals surface area contributed by atoms with Crippen molar-refractivity contribution in [1.82, 2.24) is 5.32 Å². The molecule has 2 unspecified atom stereocenters. The fraction of sp³-hybridized carbons (Fsp3) is 1.00. The fourth-order valence-electron chi connectivity index (χ4n) is 1.57. The molecular formula is C11H25NO2. The van der Waals surface area contributed by atoms with E-state index in [-0.39, 0.29) is 6.10 Å². The maximum Gasteiger partial charge on any atom is 0.0743 e. The molecule has 0 aromatic rings. The van der Waals surface area contributed by atoms with Gasteiger partial charge in [-0.1, -0.05) is 26.7 Å². The van der Waals surface area contributed by atoms with Crippen LogP contribution in [-0.2, 0) is 0 Å². The molecule has 0 saturated carbocycles. The van der Waals surface area contributed by atoms with Crippen molar-refractivity contribution in [3.05, 3.63) is 0 Å². The Morgan fingerprint density at radius 2 is 1.93 bits per heavy atom. The van der Waals surface area contributed by atoms with E-state index >= 15 is 0 Å². The summed E-state index contributed by atoms with van der Waals surface area (Å²) in [5.41, 5.74) is -0.638. The summed E-state index contributed by atoms with van der Waals surface area (Å²) >= 11 is 0. The van der Waals surface area contributed by atoms with Crippen molar-refractivity contribution in [1.29, 1.82) is 0 Å². The van der Waals surface area contributed by atoms with E-state index in [1.165, 1.54) is 0 Å². The van der Waals surface area contributed by atoms with Crippen LogP contribution in [0.1, 0.15) is 46.5 Å². The first-order valence-electron chi connectivity index (χ1n) is 5.63. The van der Waals surface area contributed by atoms with Gasteiger partial charge in [-0.05, 0) is 19.8 Å². The molecule has 0 amide bonds. The molecule has 0 bridgehead atoms. The van der Waals surface area contributed by atoms with Gasteiger partial charge in [0.2, 0.25) is 0 Å². The van der Waals surface area contributed by atoms with E-state index in [4.69, 9.17) is 0 Å². The molecule has 0 saturated heterocycles. The van der Waals surface area contributed by atoms with Crippen molar-refractivity contribution in [2.75, 3.05) is 13.1 Å². The molecule has 0 rings (SSSR count). The Hall–Kier alpha value is -0.120. The lowest BCUT2D eigenvalue weighted by molar-refractivity contribution is 0.0458. The Morgan fingerprint density at radius 3 is 2.43 bits per heavy atom. The second-order valence-corrected chi connectivity index (χ2v) is 4.32. The maximum atomic E-state index is 9.81. The van der Waals surface area contributed by atoms with Crippen molar-refractivity contribution in [2.45, 2.75) is 58.2 Å². The van der Waals surface area contributed by atoms with Gasteiger partial charge in [0.1, 0.15) is 0 Å². The Bertz CT molecular complexity index is 137. The molecule has 3 nitrogen and oxygen atoms in total. The van der Waals surface area contributed by atoms with E-state index in [2.05, 4.69) is 19.2 Å². The van der Waals surface area contributed by atoms with Crippen LogP contribution in [0.4, 0.5) is 0 Å². The highest BCUT2D eigenvalue weighted by Gasteiger charge is 2.18. The summed E-state index contributed by atoms with van der Waals surface area (Å²) in [5, 5.41) is 22.3. The highest BCUT2D eigenvalue weighted by molar-refractivity contribution is 4.75. The third-order valence-electron chi connectivity index (χ3n) is 2.30. The quantitative estimate of drug-likeness (QED) is 0.557. The molecule has 3 N–H and O–H groups in total. The smallest absolute Gasteiger partial charge is 0.0743 e. The molecule has 14 heavy (non-hydrogen) atoms. The van der Waals surface area contributed by atoms with E-state index in [9.17, 15) is 10.2 Å². The zero-order chi connectivity index (χ0) is 11.0. The Kier molecular flexibility index (Phi) is 7.15. The van der Waals surface area contributed by atoms with E-state index in [1.807, 2.05) is 6.92 Å². The molecule has 0 fully saturated rings. The first kappa shape index (κ1) is 13.9. The van der Waals surface area contributed by atoms with Gasteiger partial charge in [-0.25, -0.2) is 0 Å². The molecule has 0 aromatic heterocycles. The van der Waals surface area contributed by atoms with Gasteiger partial charge in [0.15, 0.2) is 0 Å². The van der Waals surface area contributed by atoms with Crippen LogP contribution in [0.25, 0.3) is 0 Å². The highest BCUT2D eigenvalue weighted by atomic mass is 16.3. The predicted octanol–water partition coefficient (Wildman–Crippen LogP) is 1.29. The summed E-state index contributed by atoms with van der Waals surface area (Å²) in [6, 6.07) is 0. The molecule has 0 aliphatic rings. The van der Waals surface area contributed by atoms with E-state index in [1.54, 1.807) is 0 Å². The molecule has 0 radical (unpaired) electrons. The van der Waals surface area contributed by atoms with Crippen LogP contribution in [-0.4, -0.2) is 35.0 Å². The number of hydrogen-bond donors (Lipinski definition) is 3. The summed E-state index contributed by atoms with van der Waals surface area (Å²) in [6.45, 7) is 7.07. The Morgan fingerprint density at radius 1 is 1.29 bits per heavy atom. The van der Waals surface area contributed by atoms with Crippen molar-refractivity contribution < 1.29 is 10.2 Å². The van der Waals surface area contributed by atoms with Gasteiger partial charge in [0, 0.05) is 13.1 Å². The zero-order valence-corrected chi connectivity index (χ0v) is 9.71. The van der Waals surface area contributed by atoms with Crippen LogP contribution in [0.3, 0.4) is 0 Å². The number of hydrogen-bond acceptors (Lipinski definition) is 3. The Balaban J connectivity index is 3.51. The second-order valence-electron chi connectivity index (χ2n) is 4.32. The van der Waals surface area contributed by atoms with Crippen molar-refractivity contribution >= 4 is 0 Å². The summed E-state index contributed by atoms with van der Waals surface area (Å²) in [5.74, 6) is 0. The summed E-state index contributed by atoms with van der Waals surface area (Å²) < 4.78 is 0. The van der Waals surface area contributed by atoms with Crippen molar-refractivity contribution in [2.24, 2.45) is 0 Å². The SMILES string of the molecule is CCCC(O)CNCC(C)(O)CCC. The van der Waals surface area contributed by atoms with Crippen LogP contribution < -0.4 is 5.32 Å². The molecule has 86 valence electrons. The van der Waals surface area contributed by atoms with E-state index in [0.29, 0.717) is 13.1 Å². The molecular weight excluding hydrogens is 178 g/mol. The molecule has 0 heterocycles. The monoisotopic (exact) mass is 203 g/mol. The molecule has 2 atom stereocenters. The zero-order valence-electron chi connectivity index (χ0n) is 9.71. The second kappa shape index (κ2) is 7.21. The normalized spacial score (nSPS) is 17.8. The van der Waals surface area contributed by atoms with Gasteiger partial charge in [0.05, 0.1) is 11.7 Å².